The van der Waals surface area contributed by atoms with E-state index in [1.165, 1.54) is 10.9 Å². The molecule has 0 saturated carbocycles. The summed E-state index contributed by atoms with van der Waals surface area (Å²) in [5.41, 5.74) is 3.27. The first kappa shape index (κ1) is 16.9. The molecular weight excluding hydrogens is 316 g/mol. The third-order valence-electron chi connectivity index (χ3n) is 4.16. The van der Waals surface area contributed by atoms with Crippen LogP contribution in [0.1, 0.15) is 11.1 Å². The fraction of sp³-hybridized carbons (Fsp3) is 0.250. The molecule has 0 aliphatic rings. The van der Waals surface area contributed by atoms with E-state index in [2.05, 4.69) is 16.0 Å². The second-order valence-corrected chi connectivity index (χ2v) is 5.62. The van der Waals surface area contributed by atoms with Crippen LogP contribution in [0.25, 0.3) is 10.9 Å². The summed E-state index contributed by atoms with van der Waals surface area (Å²) in [6.07, 6.45) is 4.73. The van der Waals surface area contributed by atoms with Crippen molar-refractivity contribution in [2.24, 2.45) is 4.99 Å². The second kappa shape index (κ2) is 7.75. The number of aromatic nitrogens is 1. The molecule has 130 valence electrons. The fourth-order valence-electron chi connectivity index (χ4n) is 2.76. The van der Waals surface area contributed by atoms with Gasteiger partial charge >= 0.3 is 0 Å². The van der Waals surface area contributed by atoms with E-state index in [9.17, 15) is 0 Å². The Hall–Kier alpha value is -2.95. The molecule has 1 aromatic heterocycles. The SMILES string of the molecule is COc1ccc(C=NCCc2c[nH]c3ccc(OC)cc23)c(OC)c1. The molecule has 3 rings (SSSR count). The van der Waals surface area contributed by atoms with Crippen LogP contribution in [-0.4, -0.2) is 39.1 Å². The summed E-state index contributed by atoms with van der Waals surface area (Å²) in [4.78, 5) is 7.83. The van der Waals surface area contributed by atoms with Crippen LogP contribution in [0, 0.1) is 0 Å². The van der Waals surface area contributed by atoms with Crippen molar-refractivity contribution < 1.29 is 14.2 Å². The molecule has 3 aromatic rings. The van der Waals surface area contributed by atoms with Crippen LogP contribution in [0.15, 0.2) is 47.6 Å². The lowest BCUT2D eigenvalue weighted by atomic mass is 10.1. The zero-order valence-electron chi connectivity index (χ0n) is 14.7. The molecule has 0 atom stereocenters. The van der Waals surface area contributed by atoms with Crippen molar-refractivity contribution in [3.8, 4) is 17.2 Å². The predicted molar refractivity (Wildman–Crippen MR) is 101 cm³/mol. The van der Waals surface area contributed by atoms with Gasteiger partial charge in [-0.25, -0.2) is 0 Å². The van der Waals surface area contributed by atoms with Crippen LogP contribution >= 0.6 is 0 Å². The maximum atomic E-state index is 5.38. The van der Waals surface area contributed by atoms with Gasteiger partial charge in [0.1, 0.15) is 17.2 Å². The molecule has 0 aliphatic heterocycles. The first-order chi connectivity index (χ1) is 12.2. The Bertz CT molecular complexity index is 884. The quantitative estimate of drug-likeness (QED) is 0.666. The Labute approximate surface area is 147 Å². The number of benzene rings is 2. The molecule has 0 radical (unpaired) electrons. The van der Waals surface area contributed by atoms with Crippen molar-refractivity contribution in [1.29, 1.82) is 0 Å². The molecule has 0 fully saturated rings. The molecule has 25 heavy (non-hydrogen) atoms. The van der Waals surface area contributed by atoms with Gasteiger partial charge in [-0.05, 0) is 42.3 Å². The normalized spacial score (nSPS) is 11.2. The lowest BCUT2D eigenvalue weighted by Gasteiger charge is -2.06. The molecular formula is C20H22N2O3. The molecule has 0 amide bonds. The molecule has 0 saturated heterocycles. The van der Waals surface area contributed by atoms with Crippen LogP contribution in [-0.2, 0) is 6.42 Å². The highest BCUT2D eigenvalue weighted by Crippen LogP contribution is 2.25. The summed E-state index contributed by atoms with van der Waals surface area (Å²) < 4.78 is 15.9. The first-order valence-electron chi connectivity index (χ1n) is 8.11. The Morgan fingerprint density at radius 2 is 1.72 bits per heavy atom. The van der Waals surface area contributed by atoms with Gasteiger partial charge in [0, 0.05) is 41.5 Å². The monoisotopic (exact) mass is 338 g/mol. The van der Waals surface area contributed by atoms with E-state index in [0.29, 0.717) is 6.54 Å². The summed E-state index contributed by atoms with van der Waals surface area (Å²) >= 11 is 0. The standard InChI is InChI=1S/C20H22N2O3/c1-23-16-6-7-19-18(10-16)14(13-22-19)8-9-21-12-15-4-5-17(24-2)11-20(15)25-3/h4-7,10-13,22H,8-9H2,1-3H3. The number of nitrogens with zero attached hydrogens (tertiary/aromatic N) is 1. The number of hydrogen-bond acceptors (Lipinski definition) is 4. The number of aliphatic imine (C=N–C) groups is 1. The number of rotatable bonds is 7. The average Bonchev–Trinajstić information content (AvgIpc) is 3.07. The number of ether oxygens (including phenoxy) is 3. The lowest BCUT2D eigenvalue weighted by Crippen LogP contribution is -1.94. The highest BCUT2D eigenvalue weighted by Gasteiger charge is 2.05. The highest BCUT2D eigenvalue weighted by molar-refractivity contribution is 5.85. The molecule has 0 unspecified atom stereocenters. The molecule has 2 aromatic carbocycles. The molecule has 0 spiro atoms. The van der Waals surface area contributed by atoms with Gasteiger partial charge in [-0.15, -0.1) is 0 Å². The fourth-order valence-corrected chi connectivity index (χ4v) is 2.76. The number of hydrogen-bond donors (Lipinski definition) is 1. The van der Waals surface area contributed by atoms with E-state index in [-0.39, 0.29) is 0 Å². The lowest BCUT2D eigenvalue weighted by molar-refractivity contribution is 0.394. The minimum absolute atomic E-state index is 0.694. The minimum atomic E-state index is 0.694. The van der Waals surface area contributed by atoms with Crippen LogP contribution in [0.3, 0.4) is 0 Å². The average molecular weight is 338 g/mol. The zero-order valence-corrected chi connectivity index (χ0v) is 14.7. The van der Waals surface area contributed by atoms with Gasteiger partial charge in [-0.1, -0.05) is 0 Å². The molecule has 0 aliphatic carbocycles. The Morgan fingerprint density at radius 1 is 0.960 bits per heavy atom. The highest BCUT2D eigenvalue weighted by atomic mass is 16.5. The Balaban J connectivity index is 1.70. The number of methoxy groups -OCH3 is 3. The van der Waals surface area contributed by atoms with E-state index >= 15 is 0 Å². The van der Waals surface area contributed by atoms with Crippen molar-refractivity contribution in [2.75, 3.05) is 27.9 Å². The van der Waals surface area contributed by atoms with Gasteiger partial charge in [-0.2, -0.15) is 0 Å². The molecule has 1 N–H and O–H groups in total. The molecule has 5 nitrogen and oxygen atoms in total. The summed E-state index contributed by atoms with van der Waals surface area (Å²) in [5, 5.41) is 1.18. The van der Waals surface area contributed by atoms with Crippen molar-refractivity contribution >= 4 is 17.1 Å². The maximum absolute atomic E-state index is 5.38. The van der Waals surface area contributed by atoms with Crippen molar-refractivity contribution in [3.63, 3.8) is 0 Å². The topological polar surface area (TPSA) is 55.8 Å². The smallest absolute Gasteiger partial charge is 0.131 e. The van der Waals surface area contributed by atoms with E-state index < -0.39 is 0 Å². The summed E-state index contributed by atoms with van der Waals surface area (Å²) in [6, 6.07) is 11.7. The summed E-state index contributed by atoms with van der Waals surface area (Å²) in [5.74, 6) is 2.38. The van der Waals surface area contributed by atoms with E-state index in [0.717, 1.165) is 34.7 Å². The first-order valence-corrected chi connectivity index (χ1v) is 8.11. The van der Waals surface area contributed by atoms with Gasteiger partial charge in [0.25, 0.3) is 0 Å². The predicted octanol–water partition coefficient (Wildman–Crippen LogP) is 3.86. The second-order valence-electron chi connectivity index (χ2n) is 5.62. The Morgan fingerprint density at radius 3 is 2.48 bits per heavy atom. The van der Waals surface area contributed by atoms with Crippen molar-refractivity contribution in [2.45, 2.75) is 6.42 Å². The van der Waals surface area contributed by atoms with Crippen LogP contribution in [0.5, 0.6) is 17.2 Å². The number of fused-ring (bicyclic) bond motifs is 1. The largest absolute Gasteiger partial charge is 0.497 e. The van der Waals surface area contributed by atoms with E-state index in [4.69, 9.17) is 14.2 Å². The van der Waals surface area contributed by atoms with Gasteiger partial charge in [0.2, 0.25) is 0 Å². The van der Waals surface area contributed by atoms with Gasteiger partial charge in [-0.3, -0.25) is 4.99 Å². The third-order valence-corrected chi connectivity index (χ3v) is 4.16. The van der Waals surface area contributed by atoms with Crippen molar-refractivity contribution in [3.05, 3.63) is 53.7 Å². The van der Waals surface area contributed by atoms with Gasteiger partial charge < -0.3 is 19.2 Å². The molecule has 5 heteroatoms. The summed E-state index contributed by atoms with van der Waals surface area (Å²) in [6.45, 7) is 0.694. The van der Waals surface area contributed by atoms with Crippen LogP contribution in [0.2, 0.25) is 0 Å². The van der Waals surface area contributed by atoms with Gasteiger partial charge in [0.05, 0.1) is 21.3 Å². The number of H-pyrrole nitrogens is 1. The zero-order chi connectivity index (χ0) is 17.6. The third kappa shape index (κ3) is 3.76. The maximum Gasteiger partial charge on any atom is 0.131 e. The van der Waals surface area contributed by atoms with E-state index in [1.807, 2.05) is 42.7 Å². The minimum Gasteiger partial charge on any atom is -0.497 e. The van der Waals surface area contributed by atoms with Gasteiger partial charge in [0.15, 0.2) is 0 Å². The molecule has 1 heterocycles. The van der Waals surface area contributed by atoms with Crippen LogP contribution in [0.4, 0.5) is 0 Å². The van der Waals surface area contributed by atoms with Crippen LogP contribution < -0.4 is 14.2 Å². The van der Waals surface area contributed by atoms with E-state index in [1.54, 1.807) is 21.3 Å². The number of nitrogens with one attached hydrogen (secondary N) is 1. The molecule has 0 bridgehead atoms. The number of aromatic amines is 1. The van der Waals surface area contributed by atoms with Crippen molar-refractivity contribution in [1.82, 2.24) is 4.98 Å². The Kier molecular flexibility index (Phi) is 5.23. The summed E-state index contributed by atoms with van der Waals surface area (Å²) in [7, 11) is 4.96.